The van der Waals surface area contributed by atoms with Crippen molar-refractivity contribution in [2.75, 3.05) is 18.4 Å². The molecule has 0 atom stereocenters. The summed E-state index contributed by atoms with van der Waals surface area (Å²) in [4.78, 5) is 29.1. The lowest BCUT2D eigenvalue weighted by atomic mass is 10.1. The summed E-state index contributed by atoms with van der Waals surface area (Å²) in [6, 6.07) is 26.0. The van der Waals surface area contributed by atoms with Gasteiger partial charge in [-0.25, -0.2) is 0 Å². The molecule has 4 rings (SSSR count). The minimum atomic E-state index is -0.113. The Morgan fingerprint density at radius 1 is 1.00 bits per heavy atom. The molecular formula is C29H31N3O2S. The average molecular weight is 486 g/mol. The van der Waals surface area contributed by atoms with Gasteiger partial charge in [0.05, 0.1) is 10.6 Å². The second-order valence-electron chi connectivity index (χ2n) is 8.84. The van der Waals surface area contributed by atoms with Crippen molar-refractivity contribution >= 4 is 35.3 Å². The molecule has 0 saturated heterocycles. The number of anilines is 1. The second kappa shape index (κ2) is 11.9. The van der Waals surface area contributed by atoms with Gasteiger partial charge in [0.25, 0.3) is 11.8 Å². The van der Waals surface area contributed by atoms with E-state index in [1.807, 2.05) is 48.5 Å². The smallest absolute Gasteiger partial charge is 0.262 e. The van der Waals surface area contributed by atoms with Gasteiger partial charge in [0.2, 0.25) is 0 Å². The van der Waals surface area contributed by atoms with Gasteiger partial charge in [0.1, 0.15) is 0 Å². The lowest BCUT2D eigenvalue weighted by molar-refractivity contribution is -0.112. The van der Waals surface area contributed by atoms with E-state index in [2.05, 4.69) is 53.6 Å². The highest BCUT2D eigenvalue weighted by Crippen LogP contribution is 2.38. The summed E-state index contributed by atoms with van der Waals surface area (Å²) in [5.41, 5.74) is 3.63. The number of nitrogens with zero attached hydrogens (tertiary/aromatic N) is 1. The van der Waals surface area contributed by atoms with E-state index in [-0.39, 0.29) is 11.8 Å². The van der Waals surface area contributed by atoms with E-state index < -0.39 is 0 Å². The summed E-state index contributed by atoms with van der Waals surface area (Å²) < 4.78 is 0. The van der Waals surface area contributed by atoms with Crippen molar-refractivity contribution in [1.82, 2.24) is 10.2 Å². The quantitative estimate of drug-likeness (QED) is 0.297. The average Bonchev–Trinajstić information content (AvgIpc) is 2.87. The fourth-order valence-electron chi connectivity index (χ4n) is 3.91. The Labute approximate surface area is 211 Å². The molecule has 1 heterocycles. The number of para-hydroxylation sites is 1. The van der Waals surface area contributed by atoms with Gasteiger partial charge < -0.3 is 10.6 Å². The number of amides is 2. The van der Waals surface area contributed by atoms with Crippen molar-refractivity contribution in [1.29, 1.82) is 0 Å². The predicted octanol–water partition coefficient (Wildman–Crippen LogP) is 5.80. The van der Waals surface area contributed by atoms with Crippen LogP contribution in [0.1, 0.15) is 41.8 Å². The maximum Gasteiger partial charge on any atom is 0.262 e. The molecule has 3 aromatic rings. The van der Waals surface area contributed by atoms with Gasteiger partial charge in [0, 0.05) is 36.1 Å². The molecule has 1 aliphatic heterocycles. The number of rotatable bonds is 9. The van der Waals surface area contributed by atoms with Crippen LogP contribution in [0, 0.1) is 0 Å². The Morgan fingerprint density at radius 3 is 2.46 bits per heavy atom. The van der Waals surface area contributed by atoms with Crippen LogP contribution >= 0.6 is 11.8 Å². The maximum absolute atomic E-state index is 12.6. The third kappa shape index (κ3) is 6.84. The van der Waals surface area contributed by atoms with Gasteiger partial charge in [-0.3, -0.25) is 14.5 Å². The Balaban J connectivity index is 1.27. The van der Waals surface area contributed by atoms with Crippen molar-refractivity contribution in [2.45, 2.75) is 37.8 Å². The van der Waals surface area contributed by atoms with E-state index in [0.717, 1.165) is 35.7 Å². The molecule has 5 nitrogen and oxygen atoms in total. The third-order valence-corrected chi connectivity index (χ3v) is 7.02. The van der Waals surface area contributed by atoms with E-state index in [4.69, 9.17) is 0 Å². The highest BCUT2D eigenvalue weighted by Gasteiger charge is 2.20. The van der Waals surface area contributed by atoms with Gasteiger partial charge in [-0.2, -0.15) is 0 Å². The van der Waals surface area contributed by atoms with Gasteiger partial charge in [0.15, 0.2) is 0 Å². The number of nitrogens with one attached hydrogen (secondary N) is 2. The zero-order valence-electron chi connectivity index (χ0n) is 20.2. The summed E-state index contributed by atoms with van der Waals surface area (Å²) in [7, 11) is 0. The van der Waals surface area contributed by atoms with E-state index in [9.17, 15) is 9.59 Å². The lowest BCUT2D eigenvalue weighted by Crippen LogP contribution is -2.34. The summed E-state index contributed by atoms with van der Waals surface area (Å²) >= 11 is 1.45. The van der Waals surface area contributed by atoms with Crippen LogP contribution in [0.3, 0.4) is 0 Å². The molecule has 0 aliphatic carbocycles. The number of benzene rings is 3. The molecule has 0 saturated carbocycles. The zero-order valence-corrected chi connectivity index (χ0v) is 21.0. The first kappa shape index (κ1) is 24.8. The fourth-order valence-corrected chi connectivity index (χ4v) is 4.86. The Kier molecular flexibility index (Phi) is 8.40. The molecule has 0 unspecified atom stereocenters. The molecule has 6 heteroatoms. The molecule has 2 amide bonds. The van der Waals surface area contributed by atoms with Gasteiger partial charge in [-0.15, -0.1) is 0 Å². The highest BCUT2D eigenvalue weighted by molar-refractivity contribution is 8.04. The minimum Gasteiger partial charge on any atom is -0.352 e. The van der Waals surface area contributed by atoms with Crippen LogP contribution in [0.5, 0.6) is 0 Å². The molecule has 0 fully saturated rings. The van der Waals surface area contributed by atoms with Crippen LogP contribution in [0.2, 0.25) is 0 Å². The molecule has 2 N–H and O–H groups in total. The van der Waals surface area contributed by atoms with Gasteiger partial charge in [-0.05, 0) is 61.7 Å². The number of hydrogen-bond acceptors (Lipinski definition) is 4. The first-order chi connectivity index (χ1) is 17.0. The van der Waals surface area contributed by atoms with Crippen LogP contribution in [-0.2, 0) is 11.3 Å². The largest absolute Gasteiger partial charge is 0.352 e. The van der Waals surface area contributed by atoms with Crippen molar-refractivity contribution in [3.05, 3.63) is 100 Å². The maximum atomic E-state index is 12.6. The molecule has 0 aromatic heterocycles. The summed E-state index contributed by atoms with van der Waals surface area (Å²) in [6.45, 7) is 6.85. The highest BCUT2D eigenvalue weighted by atomic mass is 32.2. The van der Waals surface area contributed by atoms with Crippen molar-refractivity contribution < 1.29 is 9.59 Å². The van der Waals surface area contributed by atoms with Crippen LogP contribution in [0.25, 0.3) is 6.08 Å². The van der Waals surface area contributed by atoms with Crippen LogP contribution in [0.4, 0.5) is 5.69 Å². The number of carbonyl (C=O) groups is 2. The van der Waals surface area contributed by atoms with Crippen molar-refractivity contribution in [2.24, 2.45) is 0 Å². The molecular weight excluding hydrogens is 454 g/mol. The number of thioether (sulfide) groups is 1. The third-order valence-electron chi connectivity index (χ3n) is 5.92. The Hall–Kier alpha value is -3.35. The summed E-state index contributed by atoms with van der Waals surface area (Å²) in [6.07, 6.45) is 2.74. The molecule has 35 heavy (non-hydrogen) atoms. The number of fused-ring (bicyclic) bond motifs is 1. The van der Waals surface area contributed by atoms with Crippen LogP contribution in [-0.4, -0.2) is 35.8 Å². The van der Waals surface area contributed by atoms with Gasteiger partial charge in [-0.1, -0.05) is 66.4 Å². The Morgan fingerprint density at radius 2 is 1.71 bits per heavy atom. The zero-order chi connectivity index (χ0) is 24.6. The molecule has 1 aliphatic rings. The van der Waals surface area contributed by atoms with Crippen LogP contribution in [0.15, 0.2) is 88.7 Å². The molecule has 3 aromatic carbocycles. The summed E-state index contributed by atoms with van der Waals surface area (Å²) in [5, 5.41) is 5.95. The predicted molar refractivity (Wildman–Crippen MR) is 144 cm³/mol. The Bertz CT molecular complexity index is 1190. The fraction of sp³-hybridized carbons (Fsp3) is 0.241. The monoisotopic (exact) mass is 485 g/mol. The second-order valence-corrected chi connectivity index (χ2v) is 9.93. The first-order valence-electron chi connectivity index (χ1n) is 12.0. The normalized spacial score (nSPS) is 14.2. The molecule has 0 bridgehead atoms. The SMILES string of the molecule is CC(C)N(CCCNC(=O)c1ccc(C=C2Sc3ccccc3NC2=O)cc1)Cc1ccccc1. The summed E-state index contributed by atoms with van der Waals surface area (Å²) in [5.74, 6) is -0.194. The minimum absolute atomic E-state index is 0.0814. The molecule has 0 spiro atoms. The van der Waals surface area contributed by atoms with Gasteiger partial charge >= 0.3 is 0 Å². The van der Waals surface area contributed by atoms with E-state index >= 15 is 0 Å². The molecule has 0 radical (unpaired) electrons. The lowest BCUT2D eigenvalue weighted by Gasteiger charge is -2.26. The first-order valence-corrected chi connectivity index (χ1v) is 12.8. The van der Waals surface area contributed by atoms with Crippen molar-refractivity contribution in [3.63, 3.8) is 0 Å². The van der Waals surface area contributed by atoms with E-state index in [1.54, 1.807) is 12.1 Å². The van der Waals surface area contributed by atoms with E-state index in [1.165, 1.54) is 17.3 Å². The van der Waals surface area contributed by atoms with Crippen LogP contribution < -0.4 is 10.6 Å². The van der Waals surface area contributed by atoms with E-state index in [0.29, 0.717) is 23.1 Å². The number of hydrogen-bond donors (Lipinski definition) is 2. The van der Waals surface area contributed by atoms with Crippen molar-refractivity contribution in [3.8, 4) is 0 Å². The topological polar surface area (TPSA) is 61.4 Å². The standard InChI is InChI=1S/C29H31N3O2S/c1-21(2)32(20-23-9-4-3-5-10-23)18-8-17-30-28(33)24-15-13-22(14-16-24)19-27-29(34)31-25-11-6-7-12-26(25)35-27/h3-7,9-16,19,21H,8,17-18,20H2,1-2H3,(H,30,33)(H,31,34). The molecule has 180 valence electrons. The number of carbonyl (C=O) groups excluding carboxylic acids is 2.